The fourth-order valence-corrected chi connectivity index (χ4v) is 5.65. The zero-order valence-electron chi connectivity index (χ0n) is 14.2. The number of piperidine rings is 1. The van der Waals surface area contributed by atoms with Crippen LogP contribution in [-0.2, 0) is 21.4 Å². The summed E-state index contributed by atoms with van der Waals surface area (Å²) in [6, 6.07) is 12.7. The van der Waals surface area contributed by atoms with Crippen molar-refractivity contribution in [3.63, 3.8) is 0 Å². The molecule has 5 nitrogen and oxygen atoms in total. The predicted molar refractivity (Wildman–Crippen MR) is 94.4 cm³/mol. The van der Waals surface area contributed by atoms with E-state index in [-0.39, 0.29) is 18.1 Å². The third-order valence-corrected chi connectivity index (χ3v) is 7.14. The van der Waals surface area contributed by atoms with E-state index in [9.17, 15) is 8.42 Å². The van der Waals surface area contributed by atoms with Crippen LogP contribution in [0.5, 0.6) is 0 Å². The molecule has 0 spiro atoms. The Hall–Kier alpha value is -1.76. The Bertz CT molecular complexity index is 837. The summed E-state index contributed by atoms with van der Waals surface area (Å²) in [5.74, 6) is 0.272. The number of hydrogen-bond donors (Lipinski definition) is 0. The van der Waals surface area contributed by atoms with Crippen molar-refractivity contribution in [1.82, 2.24) is 9.29 Å². The molecular weight excluding hydrogens is 336 g/mol. The van der Waals surface area contributed by atoms with Gasteiger partial charge in [0.1, 0.15) is 0 Å². The van der Waals surface area contributed by atoms with Crippen molar-refractivity contribution < 1.29 is 13.2 Å². The van der Waals surface area contributed by atoms with E-state index in [1.165, 1.54) is 0 Å². The summed E-state index contributed by atoms with van der Waals surface area (Å²) in [6.45, 7) is 2.93. The lowest BCUT2D eigenvalue weighted by molar-refractivity contribution is 0.0200. The minimum absolute atomic E-state index is 0.0396. The van der Waals surface area contributed by atoms with Gasteiger partial charge >= 0.3 is 0 Å². The third-order valence-electron chi connectivity index (χ3n) is 5.24. The molecule has 2 aromatic rings. The predicted octanol–water partition coefficient (Wildman–Crippen LogP) is 2.76. The molecule has 1 saturated heterocycles. The second-order valence-corrected chi connectivity index (χ2v) is 8.78. The summed E-state index contributed by atoms with van der Waals surface area (Å²) in [5.41, 5.74) is 1.93. The molecule has 0 unspecified atom stereocenters. The van der Waals surface area contributed by atoms with Crippen molar-refractivity contribution in [3.8, 4) is 0 Å². The minimum atomic E-state index is -3.46. The Morgan fingerprint density at radius 1 is 1.16 bits per heavy atom. The molecule has 132 valence electrons. The lowest BCUT2D eigenvalue weighted by Crippen LogP contribution is -2.39. The smallest absolute Gasteiger partial charge is 0.243 e. The van der Waals surface area contributed by atoms with Crippen LogP contribution in [0.4, 0.5) is 0 Å². The fraction of sp³-hybridized carbons (Fsp3) is 0.421. The number of sulfonamides is 1. The molecule has 0 radical (unpaired) electrons. The van der Waals surface area contributed by atoms with Gasteiger partial charge in [0.25, 0.3) is 0 Å². The van der Waals surface area contributed by atoms with E-state index in [0.717, 1.165) is 24.1 Å². The Morgan fingerprint density at radius 3 is 2.68 bits per heavy atom. The molecule has 2 fully saturated rings. The van der Waals surface area contributed by atoms with Crippen LogP contribution in [0.1, 0.15) is 24.1 Å². The van der Waals surface area contributed by atoms with Gasteiger partial charge in [-0.05, 0) is 44.0 Å². The van der Waals surface area contributed by atoms with Crippen LogP contribution in [-0.4, -0.2) is 36.4 Å². The van der Waals surface area contributed by atoms with Gasteiger partial charge in [-0.25, -0.2) is 8.42 Å². The fourth-order valence-electron chi connectivity index (χ4n) is 3.93. The number of aryl methyl sites for hydroxylation is 1. The monoisotopic (exact) mass is 358 g/mol. The molecule has 2 aliphatic rings. The van der Waals surface area contributed by atoms with Crippen molar-refractivity contribution in [3.05, 3.63) is 59.9 Å². The van der Waals surface area contributed by atoms with Gasteiger partial charge in [-0.1, -0.05) is 23.8 Å². The van der Waals surface area contributed by atoms with Crippen LogP contribution in [0.15, 0.2) is 53.6 Å². The van der Waals surface area contributed by atoms with Gasteiger partial charge in [-0.15, -0.1) is 0 Å². The first kappa shape index (κ1) is 16.7. The number of benzene rings is 1. The van der Waals surface area contributed by atoms with Crippen molar-refractivity contribution >= 4 is 10.0 Å². The third kappa shape index (κ3) is 3.10. The second-order valence-electron chi connectivity index (χ2n) is 6.89. The van der Waals surface area contributed by atoms with E-state index >= 15 is 0 Å². The van der Waals surface area contributed by atoms with Crippen molar-refractivity contribution in [2.24, 2.45) is 5.92 Å². The molecule has 1 saturated carbocycles. The summed E-state index contributed by atoms with van der Waals surface area (Å²) in [7, 11) is -3.46. The maximum absolute atomic E-state index is 13.0. The zero-order valence-corrected chi connectivity index (χ0v) is 15.0. The van der Waals surface area contributed by atoms with E-state index in [2.05, 4.69) is 4.98 Å². The largest absolute Gasteiger partial charge is 0.370 e. The maximum Gasteiger partial charge on any atom is 0.243 e. The van der Waals surface area contributed by atoms with E-state index < -0.39 is 10.0 Å². The molecule has 1 aliphatic carbocycles. The first-order chi connectivity index (χ1) is 12.1. The van der Waals surface area contributed by atoms with Crippen LogP contribution in [0.3, 0.4) is 0 Å². The molecule has 25 heavy (non-hydrogen) atoms. The van der Waals surface area contributed by atoms with E-state index in [0.29, 0.717) is 18.0 Å². The highest BCUT2D eigenvalue weighted by Gasteiger charge is 2.52. The van der Waals surface area contributed by atoms with Crippen LogP contribution in [0.25, 0.3) is 0 Å². The average molecular weight is 358 g/mol. The van der Waals surface area contributed by atoms with Gasteiger partial charge in [0.15, 0.2) is 0 Å². The quantitative estimate of drug-likeness (QED) is 0.825. The summed E-state index contributed by atoms with van der Waals surface area (Å²) in [4.78, 5) is 4.65. The van der Waals surface area contributed by atoms with Crippen LogP contribution < -0.4 is 0 Å². The number of fused-ring (bicyclic) bond motifs is 2. The first-order valence-corrected chi connectivity index (χ1v) is 10.1. The molecule has 1 aliphatic heterocycles. The van der Waals surface area contributed by atoms with Gasteiger partial charge in [0, 0.05) is 18.7 Å². The summed E-state index contributed by atoms with van der Waals surface area (Å²) >= 11 is 0. The van der Waals surface area contributed by atoms with E-state index in [4.69, 9.17) is 4.74 Å². The normalized spacial score (nSPS) is 26.2. The molecule has 6 heteroatoms. The number of nitrogens with zero attached hydrogens (tertiary/aromatic N) is 2. The van der Waals surface area contributed by atoms with Crippen molar-refractivity contribution in [1.29, 1.82) is 0 Å². The number of aromatic nitrogens is 1. The topological polar surface area (TPSA) is 59.5 Å². The number of rotatable bonds is 5. The summed E-state index contributed by atoms with van der Waals surface area (Å²) in [6.07, 6.45) is 3.60. The standard InChI is InChI=1S/C19H22N2O3S/c1-14-5-8-17(9-6-14)25(22,23)21-12-15-7-10-18(21)19(15)24-13-16-4-2-3-11-20-16/h2-6,8-9,11,15,18-19H,7,10,12-13H2,1H3/t15-,18+,19+/m1/s1. The molecule has 3 atom stereocenters. The lowest BCUT2D eigenvalue weighted by Gasteiger charge is -2.26. The Labute approximate surface area is 148 Å². The minimum Gasteiger partial charge on any atom is -0.370 e. The molecule has 1 aromatic carbocycles. The summed E-state index contributed by atoms with van der Waals surface area (Å²) < 4.78 is 33.8. The molecule has 4 rings (SSSR count). The molecule has 0 amide bonds. The Morgan fingerprint density at radius 2 is 1.96 bits per heavy atom. The molecule has 0 N–H and O–H groups in total. The lowest BCUT2D eigenvalue weighted by atomic mass is 10.1. The second kappa shape index (κ2) is 6.52. The van der Waals surface area contributed by atoms with Gasteiger partial charge in [-0.2, -0.15) is 4.31 Å². The van der Waals surface area contributed by atoms with Crippen molar-refractivity contribution in [2.75, 3.05) is 6.54 Å². The summed E-state index contributed by atoms with van der Waals surface area (Å²) in [5, 5.41) is 0. The number of ether oxygens (including phenoxy) is 1. The van der Waals surface area contributed by atoms with E-state index in [1.807, 2.05) is 37.3 Å². The van der Waals surface area contributed by atoms with Crippen LogP contribution >= 0.6 is 0 Å². The molecule has 2 heterocycles. The van der Waals surface area contributed by atoms with Gasteiger partial charge in [0.2, 0.25) is 10.0 Å². The average Bonchev–Trinajstić information content (AvgIpc) is 3.18. The van der Waals surface area contributed by atoms with Gasteiger partial charge in [0.05, 0.1) is 29.3 Å². The first-order valence-electron chi connectivity index (χ1n) is 8.66. The highest BCUT2D eigenvalue weighted by molar-refractivity contribution is 7.89. The highest BCUT2D eigenvalue weighted by atomic mass is 32.2. The number of pyridine rings is 1. The Balaban J connectivity index is 1.51. The van der Waals surface area contributed by atoms with Crippen LogP contribution in [0, 0.1) is 12.8 Å². The molecular formula is C19H22N2O3S. The SMILES string of the molecule is Cc1ccc(S(=O)(=O)N2C[C@H]3CC[C@H]2[C@H]3OCc2ccccn2)cc1. The van der Waals surface area contributed by atoms with Crippen molar-refractivity contribution in [2.45, 2.75) is 43.4 Å². The number of hydrogen-bond acceptors (Lipinski definition) is 4. The van der Waals surface area contributed by atoms with E-state index in [1.54, 1.807) is 22.6 Å². The maximum atomic E-state index is 13.0. The van der Waals surface area contributed by atoms with Gasteiger partial charge in [-0.3, -0.25) is 4.98 Å². The molecule has 1 aromatic heterocycles. The molecule has 2 bridgehead atoms. The van der Waals surface area contributed by atoms with Gasteiger partial charge < -0.3 is 4.74 Å². The highest BCUT2D eigenvalue weighted by Crippen LogP contribution is 2.42. The van der Waals surface area contributed by atoms with Crippen LogP contribution in [0.2, 0.25) is 0 Å². The Kier molecular flexibility index (Phi) is 4.35. The zero-order chi connectivity index (χ0) is 17.4.